The number of nitrogens with zero attached hydrogens (tertiary/aromatic N) is 2. The Morgan fingerprint density at radius 2 is 1.83 bits per heavy atom. The molecular weight excluding hydrogens is 305 g/mol. The zero-order valence-corrected chi connectivity index (χ0v) is 13.0. The highest BCUT2D eigenvalue weighted by Gasteiger charge is 2.30. The molecule has 0 aliphatic rings. The molecule has 4 nitrogen and oxygen atoms in total. The van der Waals surface area contributed by atoms with Crippen LogP contribution >= 0.6 is 0 Å². The molecule has 0 unspecified atom stereocenters. The predicted octanol–water partition coefficient (Wildman–Crippen LogP) is 4.76. The molecule has 1 aromatic carbocycles. The van der Waals surface area contributed by atoms with Gasteiger partial charge in [0.2, 0.25) is 0 Å². The van der Waals surface area contributed by atoms with Gasteiger partial charge in [-0.15, -0.1) is 0 Å². The molecule has 0 aliphatic heterocycles. The van der Waals surface area contributed by atoms with Gasteiger partial charge in [-0.25, -0.2) is 9.97 Å². The van der Waals surface area contributed by atoms with Gasteiger partial charge in [-0.3, -0.25) is 0 Å². The first-order valence-corrected chi connectivity index (χ1v) is 7.42. The monoisotopic (exact) mass is 324 g/mol. The van der Waals surface area contributed by atoms with Crippen LogP contribution in [0.15, 0.2) is 30.3 Å². The third kappa shape index (κ3) is 5.12. The first-order valence-electron chi connectivity index (χ1n) is 7.42. The number of unbranched alkanes of at least 4 members (excludes halogenated alkanes) is 1. The zero-order chi connectivity index (χ0) is 16.9. The zero-order valence-electron chi connectivity index (χ0n) is 13.0. The molecule has 23 heavy (non-hydrogen) atoms. The average Bonchev–Trinajstić information content (AvgIpc) is 2.46. The van der Waals surface area contributed by atoms with E-state index in [2.05, 4.69) is 27.5 Å². The molecule has 0 atom stereocenters. The van der Waals surface area contributed by atoms with Crippen molar-refractivity contribution in [1.82, 2.24) is 9.97 Å². The molecule has 0 bridgehead atoms. The molecule has 0 spiro atoms. The van der Waals surface area contributed by atoms with Crippen LogP contribution in [0, 0.1) is 6.92 Å². The number of aryl methyl sites for hydroxylation is 1. The maximum atomic E-state index is 12.7. The highest BCUT2D eigenvalue weighted by molar-refractivity contribution is 5.60. The molecule has 0 radical (unpaired) electrons. The summed E-state index contributed by atoms with van der Waals surface area (Å²) in [5.74, 6) is 1.65. The van der Waals surface area contributed by atoms with Crippen LogP contribution < -0.4 is 10.6 Å². The fraction of sp³-hybridized carbons (Fsp3) is 0.375. The minimum absolute atomic E-state index is 0.331. The topological polar surface area (TPSA) is 49.8 Å². The van der Waals surface area contributed by atoms with E-state index in [4.69, 9.17) is 0 Å². The predicted molar refractivity (Wildman–Crippen MR) is 84.9 cm³/mol. The van der Waals surface area contributed by atoms with Gasteiger partial charge < -0.3 is 10.6 Å². The van der Waals surface area contributed by atoms with E-state index in [9.17, 15) is 13.2 Å². The summed E-state index contributed by atoms with van der Waals surface area (Å²) in [6.45, 7) is 4.62. The van der Waals surface area contributed by atoms with Gasteiger partial charge in [0.1, 0.15) is 17.5 Å². The van der Waals surface area contributed by atoms with Gasteiger partial charge >= 0.3 is 6.18 Å². The normalized spacial score (nSPS) is 11.3. The Morgan fingerprint density at radius 1 is 1.09 bits per heavy atom. The summed E-state index contributed by atoms with van der Waals surface area (Å²) in [4.78, 5) is 8.47. The van der Waals surface area contributed by atoms with E-state index in [1.165, 1.54) is 6.07 Å². The number of benzene rings is 1. The van der Waals surface area contributed by atoms with Crippen molar-refractivity contribution in [2.24, 2.45) is 0 Å². The van der Waals surface area contributed by atoms with Crippen molar-refractivity contribution in [1.29, 1.82) is 0 Å². The second-order valence-corrected chi connectivity index (χ2v) is 5.17. The molecule has 1 heterocycles. The molecule has 0 saturated carbocycles. The maximum Gasteiger partial charge on any atom is 0.416 e. The molecule has 0 amide bonds. The van der Waals surface area contributed by atoms with Crippen molar-refractivity contribution < 1.29 is 13.2 Å². The van der Waals surface area contributed by atoms with Crippen molar-refractivity contribution in [3.05, 3.63) is 41.7 Å². The molecule has 2 rings (SSSR count). The van der Waals surface area contributed by atoms with Gasteiger partial charge in [0, 0.05) is 18.3 Å². The van der Waals surface area contributed by atoms with E-state index in [0.717, 1.165) is 31.5 Å². The lowest BCUT2D eigenvalue weighted by molar-refractivity contribution is -0.137. The molecule has 124 valence electrons. The van der Waals surface area contributed by atoms with Crippen molar-refractivity contribution in [3.8, 4) is 0 Å². The van der Waals surface area contributed by atoms with Gasteiger partial charge in [-0.05, 0) is 31.5 Å². The van der Waals surface area contributed by atoms with Gasteiger partial charge in [0.05, 0.1) is 5.56 Å². The summed E-state index contributed by atoms with van der Waals surface area (Å²) in [5, 5.41) is 6.07. The van der Waals surface area contributed by atoms with E-state index in [1.54, 1.807) is 19.1 Å². The van der Waals surface area contributed by atoms with Crippen molar-refractivity contribution >= 4 is 17.3 Å². The van der Waals surface area contributed by atoms with E-state index >= 15 is 0 Å². The third-order valence-electron chi connectivity index (χ3n) is 3.14. The molecule has 2 aromatic rings. The number of anilines is 3. The van der Waals surface area contributed by atoms with Gasteiger partial charge in [-0.2, -0.15) is 13.2 Å². The summed E-state index contributed by atoms with van der Waals surface area (Å²) < 4.78 is 38.2. The number of rotatable bonds is 6. The van der Waals surface area contributed by atoms with Crippen molar-refractivity contribution in [2.45, 2.75) is 32.9 Å². The minimum atomic E-state index is -4.37. The number of aromatic nitrogens is 2. The fourth-order valence-electron chi connectivity index (χ4n) is 2.04. The number of nitrogens with one attached hydrogen (secondary N) is 2. The van der Waals surface area contributed by atoms with Gasteiger partial charge in [0.15, 0.2) is 0 Å². The van der Waals surface area contributed by atoms with E-state index in [0.29, 0.717) is 23.1 Å². The Bertz CT molecular complexity index is 656. The Kier molecular flexibility index (Phi) is 5.41. The lowest BCUT2D eigenvalue weighted by atomic mass is 10.2. The van der Waals surface area contributed by atoms with E-state index in [1.807, 2.05) is 0 Å². The van der Waals surface area contributed by atoms with Crippen molar-refractivity contribution in [2.75, 3.05) is 17.2 Å². The van der Waals surface area contributed by atoms with Crippen LogP contribution in [-0.4, -0.2) is 16.5 Å². The highest BCUT2D eigenvalue weighted by atomic mass is 19.4. The van der Waals surface area contributed by atoms with E-state index in [-0.39, 0.29) is 0 Å². The smallest absolute Gasteiger partial charge is 0.370 e. The third-order valence-corrected chi connectivity index (χ3v) is 3.14. The van der Waals surface area contributed by atoms with Crippen LogP contribution in [0.3, 0.4) is 0 Å². The summed E-state index contributed by atoms with van der Waals surface area (Å²) >= 11 is 0. The van der Waals surface area contributed by atoms with Crippen LogP contribution in [0.4, 0.5) is 30.5 Å². The number of alkyl halides is 3. The average molecular weight is 324 g/mol. The molecule has 2 N–H and O–H groups in total. The first-order chi connectivity index (χ1) is 10.9. The molecule has 7 heteroatoms. The Balaban J connectivity index is 2.16. The maximum absolute atomic E-state index is 12.7. The fourth-order valence-corrected chi connectivity index (χ4v) is 2.04. The summed E-state index contributed by atoms with van der Waals surface area (Å²) in [5.41, 5.74) is -0.369. The first kappa shape index (κ1) is 17.1. The molecule has 1 aromatic heterocycles. The highest BCUT2D eigenvalue weighted by Crippen LogP contribution is 2.31. The summed E-state index contributed by atoms with van der Waals surface area (Å²) in [6, 6.07) is 6.70. The number of hydrogen-bond acceptors (Lipinski definition) is 4. The molecule has 0 aliphatic carbocycles. The Hall–Kier alpha value is -2.31. The Morgan fingerprint density at radius 3 is 2.52 bits per heavy atom. The molecule has 0 saturated heterocycles. The SMILES string of the molecule is CCCCNc1cc(Nc2cccc(C(F)(F)F)c2)nc(C)n1. The second-order valence-electron chi connectivity index (χ2n) is 5.17. The lowest BCUT2D eigenvalue weighted by Gasteiger charge is -2.12. The van der Waals surface area contributed by atoms with Crippen LogP contribution in [0.1, 0.15) is 31.2 Å². The lowest BCUT2D eigenvalue weighted by Crippen LogP contribution is -2.07. The quantitative estimate of drug-likeness (QED) is 0.752. The van der Waals surface area contributed by atoms with Gasteiger partial charge in [-0.1, -0.05) is 19.4 Å². The van der Waals surface area contributed by atoms with Crippen LogP contribution in [0.25, 0.3) is 0 Å². The molecule has 0 fully saturated rings. The molecular formula is C16H19F3N4. The van der Waals surface area contributed by atoms with Gasteiger partial charge in [0.25, 0.3) is 0 Å². The minimum Gasteiger partial charge on any atom is -0.370 e. The standard InChI is InChI=1S/C16H19F3N4/c1-3-4-8-20-14-10-15(22-11(2)21-14)23-13-7-5-6-12(9-13)16(17,18)19/h5-7,9-10H,3-4,8H2,1-2H3,(H2,20,21,22,23). The van der Waals surface area contributed by atoms with Crippen molar-refractivity contribution in [3.63, 3.8) is 0 Å². The summed E-state index contributed by atoms with van der Waals surface area (Å²) in [6.07, 6.45) is -2.29. The van der Waals surface area contributed by atoms with Crippen LogP contribution in [0.5, 0.6) is 0 Å². The van der Waals surface area contributed by atoms with E-state index < -0.39 is 11.7 Å². The Labute approximate surface area is 133 Å². The second kappa shape index (κ2) is 7.30. The van der Waals surface area contributed by atoms with Crippen LogP contribution in [0.2, 0.25) is 0 Å². The largest absolute Gasteiger partial charge is 0.416 e. The van der Waals surface area contributed by atoms with Crippen LogP contribution in [-0.2, 0) is 6.18 Å². The number of halogens is 3. The summed E-state index contributed by atoms with van der Waals surface area (Å²) in [7, 11) is 0. The number of hydrogen-bond donors (Lipinski definition) is 2.